The Morgan fingerprint density at radius 1 is 0.345 bits per heavy atom. The van der Waals surface area contributed by atoms with Gasteiger partial charge < -0.3 is 9.47 Å². The van der Waals surface area contributed by atoms with Crippen LogP contribution in [0.2, 0.25) is 0 Å². The van der Waals surface area contributed by atoms with Crippen molar-refractivity contribution in [1.29, 1.82) is 0 Å². The predicted octanol–water partition coefficient (Wildman–Crippen LogP) is 15.6. The smallest absolute Gasteiger partial charge is 0.0645 e. The fourth-order valence-corrected chi connectivity index (χ4v) is 8.60. The Bertz CT molecular complexity index is 3480. The molecule has 272 valence electrons. The molecule has 0 bridgehead atoms. The van der Waals surface area contributed by atoms with E-state index in [0.717, 1.165) is 71.3 Å². The monoisotopic (exact) mass is 742 g/mol. The lowest BCUT2D eigenvalue weighted by Crippen LogP contribution is -2.10. The van der Waals surface area contributed by atoms with Gasteiger partial charge in [-0.2, -0.15) is 0 Å². The molecule has 1 heterocycles. The van der Waals surface area contributed by atoms with Crippen molar-refractivity contribution >= 4 is 60.4 Å². The third-order valence-corrected chi connectivity index (χ3v) is 11.2. The van der Waals surface area contributed by atoms with Crippen LogP contribution >= 0.6 is 0 Å². The van der Waals surface area contributed by atoms with Crippen LogP contribution in [0.5, 0.6) is 0 Å². The summed E-state index contributed by atoms with van der Waals surface area (Å²) in [4.78, 5) is 1.89. The van der Waals surface area contributed by atoms with Crippen LogP contribution in [0.4, 0.5) is 17.1 Å². The molecule has 0 aliphatic rings. The van der Waals surface area contributed by atoms with Gasteiger partial charge in [-0.1, -0.05) is 170 Å². The highest BCUT2D eigenvalue weighted by Crippen LogP contribution is 2.43. The molecule has 0 fully saturated rings. The Labute approximate surface area is 343 Å². The van der Waals surface area contributed by atoms with Crippen LogP contribution in [0.25, 0.3) is 82.4 Å². The molecular weight excluding hydrogens is 701 g/mol. The number of rotatable bonds is 7. The minimum Gasteiger partial charge on any atom is -0.310 e. The number of nitrogens with zero attached hydrogens (tertiary/aromatic N) is 2. The predicted molar refractivity (Wildman–Crippen MR) is 247 cm³/mol. The van der Waals surface area contributed by atoms with E-state index in [1.54, 1.807) is 0 Å². The molecule has 0 aliphatic heterocycles. The molecule has 0 saturated heterocycles. The number of aromatic nitrogens is 1. The van der Waals surface area contributed by atoms with Crippen molar-refractivity contribution < 1.29 is 5.48 Å². The van der Waals surface area contributed by atoms with Crippen molar-refractivity contribution in [3.63, 3.8) is 0 Å². The Kier molecular flexibility index (Phi) is 7.20. The van der Waals surface area contributed by atoms with E-state index in [4.69, 9.17) is 0 Å². The van der Waals surface area contributed by atoms with Crippen molar-refractivity contribution in [3.05, 3.63) is 230 Å². The normalized spacial score (nSPS) is 12.4. The Balaban J connectivity index is 1.12. The summed E-state index contributed by atoms with van der Waals surface area (Å²) in [5.74, 6) is 0. The lowest BCUT2D eigenvalue weighted by atomic mass is 9.97. The van der Waals surface area contributed by atoms with Crippen LogP contribution in [0.3, 0.4) is 0 Å². The zero-order valence-corrected chi connectivity index (χ0v) is 31.5. The molecule has 0 atom stereocenters. The highest BCUT2D eigenvalue weighted by molar-refractivity contribution is 6.16. The van der Waals surface area contributed by atoms with Crippen LogP contribution in [-0.4, -0.2) is 4.57 Å². The third kappa shape index (κ3) is 5.74. The van der Waals surface area contributed by atoms with Crippen LogP contribution in [0.1, 0.15) is 5.48 Å². The van der Waals surface area contributed by atoms with Gasteiger partial charge in [0.1, 0.15) is 0 Å². The first-order chi connectivity index (χ1) is 30.5. The molecule has 0 radical (unpaired) electrons. The van der Waals surface area contributed by atoms with Gasteiger partial charge in [0.15, 0.2) is 0 Å². The SMILES string of the molecule is [2H]c1c([2H])c(N(c2ccc(-c3cccc4ccccc34)cc2)c2cccc(-c3cccc4c3c3ccccc3n4-c3ccccc3)c2)c([2H])c([2H])c1-c1cccc2ccccc12. The summed E-state index contributed by atoms with van der Waals surface area (Å²) >= 11 is 0. The minimum atomic E-state index is -0.120. The van der Waals surface area contributed by atoms with E-state index in [9.17, 15) is 5.48 Å². The molecule has 10 aromatic carbocycles. The molecule has 0 unspecified atom stereocenters. The van der Waals surface area contributed by atoms with E-state index in [1.165, 1.54) is 0 Å². The van der Waals surface area contributed by atoms with Gasteiger partial charge in [0, 0.05) is 33.5 Å². The highest BCUT2D eigenvalue weighted by Gasteiger charge is 2.19. The standard InChI is InChI=1S/C56H38N2/c1-2-19-44(20-3-1)58-54-28-9-8-24-53(54)56-52(27-13-29-55(56)58)43-18-10-21-47(38-43)57(45-34-30-41(31-35-45)50-25-11-16-39-14-4-6-22-48(39)50)46-36-32-42(33-37-46)51-26-12-17-40-15-5-7-23-49(40)51/h1-38H/i30D,31D,34D,35D. The largest absolute Gasteiger partial charge is 0.310 e. The van der Waals surface area contributed by atoms with E-state index in [1.807, 2.05) is 83.8 Å². The van der Waals surface area contributed by atoms with Gasteiger partial charge in [-0.25, -0.2) is 0 Å². The molecule has 0 saturated carbocycles. The van der Waals surface area contributed by atoms with Crippen LogP contribution < -0.4 is 4.90 Å². The third-order valence-electron chi connectivity index (χ3n) is 11.2. The second-order valence-corrected chi connectivity index (χ2v) is 14.6. The first-order valence-corrected chi connectivity index (χ1v) is 19.6. The number of hydrogen-bond donors (Lipinski definition) is 0. The first-order valence-electron chi connectivity index (χ1n) is 21.6. The summed E-state index contributed by atoms with van der Waals surface area (Å²) in [7, 11) is 0. The number of anilines is 3. The lowest BCUT2D eigenvalue weighted by Gasteiger charge is -2.26. The van der Waals surface area contributed by atoms with Gasteiger partial charge in [-0.3, -0.25) is 0 Å². The van der Waals surface area contributed by atoms with Crippen molar-refractivity contribution in [2.45, 2.75) is 0 Å². The van der Waals surface area contributed by atoms with Crippen LogP contribution in [0, 0.1) is 0 Å². The van der Waals surface area contributed by atoms with E-state index in [0.29, 0.717) is 16.9 Å². The van der Waals surface area contributed by atoms with Crippen molar-refractivity contribution in [2.75, 3.05) is 4.90 Å². The van der Waals surface area contributed by atoms with Crippen LogP contribution in [-0.2, 0) is 0 Å². The van der Waals surface area contributed by atoms with Gasteiger partial charge in [-0.15, -0.1) is 0 Å². The van der Waals surface area contributed by atoms with Gasteiger partial charge in [0.25, 0.3) is 0 Å². The zero-order valence-electron chi connectivity index (χ0n) is 35.5. The maximum absolute atomic E-state index is 9.69. The molecule has 2 heteroatoms. The second kappa shape index (κ2) is 14.1. The summed E-state index contributed by atoms with van der Waals surface area (Å²) in [5, 5.41) is 6.41. The zero-order chi connectivity index (χ0) is 41.9. The molecule has 0 aliphatic carbocycles. The summed E-state index contributed by atoms with van der Waals surface area (Å²) in [6.07, 6.45) is 0. The molecule has 0 N–H and O–H groups in total. The average molecular weight is 743 g/mol. The van der Waals surface area contributed by atoms with Crippen molar-refractivity contribution in [3.8, 4) is 39.1 Å². The summed E-state index contributed by atoms with van der Waals surface area (Å²) in [6.45, 7) is 0. The summed E-state index contributed by atoms with van der Waals surface area (Å²) in [5.41, 5.74) is 9.98. The molecule has 58 heavy (non-hydrogen) atoms. The van der Waals surface area contributed by atoms with Gasteiger partial charge in [0.2, 0.25) is 0 Å². The maximum atomic E-state index is 9.69. The molecule has 11 aromatic rings. The summed E-state index contributed by atoms with van der Waals surface area (Å²) in [6, 6.07) is 69.6. The maximum Gasteiger partial charge on any atom is 0.0645 e. The number of fused-ring (bicyclic) bond motifs is 5. The average Bonchev–Trinajstić information content (AvgIpc) is 3.67. The van der Waals surface area contributed by atoms with Gasteiger partial charge in [0.05, 0.1) is 16.5 Å². The molecule has 11 rings (SSSR count). The fraction of sp³-hybridized carbons (Fsp3) is 0. The van der Waals surface area contributed by atoms with Gasteiger partial charge >= 0.3 is 0 Å². The molecule has 0 spiro atoms. The van der Waals surface area contributed by atoms with Gasteiger partial charge in [-0.05, 0) is 116 Å². The molecule has 1 aromatic heterocycles. The number of para-hydroxylation sites is 2. The van der Waals surface area contributed by atoms with E-state index in [-0.39, 0.29) is 35.4 Å². The van der Waals surface area contributed by atoms with Crippen molar-refractivity contribution in [1.82, 2.24) is 4.57 Å². The van der Waals surface area contributed by atoms with E-state index >= 15 is 0 Å². The number of hydrogen-bond acceptors (Lipinski definition) is 1. The Hall–Kier alpha value is -7.68. The Morgan fingerprint density at radius 3 is 1.62 bits per heavy atom. The Morgan fingerprint density at radius 2 is 0.897 bits per heavy atom. The second-order valence-electron chi connectivity index (χ2n) is 14.6. The topological polar surface area (TPSA) is 8.17 Å². The van der Waals surface area contributed by atoms with E-state index < -0.39 is 0 Å². The highest BCUT2D eigenvalue weighted by atomic mass is 15.1. The van der Waals surface area contributed by atoms with E-state index in [2.05, 4.69) is 132 Å². The first kappa shape index (κ1) is 29.6. The molecular formula is C56H38N2. The quantitative estimate of drug-likeness (QED) is 0.158. The fourth-order valence-electron chi connectivity index (χ4n) is 8.60. The lowest BCUT2D eigenvalue weighted by molar-refractivity contribution is 1.18. The number of benzene rings is 10. The van der Waals surface area contributed by atoms with Crippen molar-refractivity contribution in [2.24, 2.45) is 0 Å². The van der Waals surface area contributed by atoms with Crippen LogP contribution in [0.15, 0.2) is 230 Å². The minimum absolute atomic E-state index is 0.0932. The summed E-state index contributed by atoms with van der Waals surface area (Å²) < 4.78 is 40.7. The molecule has 0 amide bonds. The molecule has 2 nitrogen and oxygen atoms in total.